The summed E-state index contributed by atoms with van der Waals surface area (Å²) >= 11 is 0. The van der Waals surface area contributed by atoms with Crippen molar-refractivity contribution in [3.05, 3.63) is 11.6 Å². The van der Waals surface area contributed by atoms with Crippen molar-refractivity contribution in [1.29, 1.82) is 0 Å². The van der Waals surface area contributed by atoms with Crippen LogP contribution < -0.4 is 0 Å². The first-order valence-corrected chi connectivity index (χ1v) is 14.0. The first-order valence-electron chi connectivity index (χ1n) is 14.0. The molecule has 5 aliphatic rings. The summed E-state index contributed by atoms with van der Waals surface area (Å²) in [5, 5.41) is 43.4. The number of aliphatic hydroxyl groups is 3. The molecule has 5 rings (SSSR count). The number of aliphatic hydroxyl groups excluding tert-OH is 3. The van der Waals surface area contributed by atoms with Gasteiger partial charge < -0.3 is 20.4 Å². The summed E-state index contributed by atoms with van der Waals surface area (Å²) in [6.07, 6.45) is 5.64. The Bertz CT molecular complexity index is 1020. The Morgan fingerprint density at radius 2 is 1.64 bits per heavy atom. The van der Waals surface area contributed by atoms with E-state index < -0.39 is 46.3 Å². The Kier molecular flexibility index (Phi) is 5.61. The largest absolute Gasteiger partial charge is 0.481 e. The van der Waals surface area contributed by atoms with Crippen molar-refractivity contribution in [3.63, 3.8) is 0 Å². The topological polar surface area (TPSA) is 115 Å². The third-order valence-electron chi connectivity index (χ3n) is 13.0. The number of aliphatic carboxylic acids is 1. The van der Waals surface area contributed by atoms with Crippen LogP contribution in [-0.4, -0.2) is 51.0 Å². The molecule has 36 heavy (non-hydrogen) atoms. The minimum absolute atomic E-state index is 0.119. The number of carboxylic acids is 1. The van der Waals surface area contributed by atoms with Crippen molar-refractivity contribution in [1.82, 2.24) is 0 Å². The van der Waals surface area contributed by atoms with Crippen LogP contribution >= 0.6 is 0 Å². The molecule has 0 heterocycles. The van der Waals surface area contributed by atoms with Crippen molar-refractivity contribution in [2.75, 3.05) is 6.61 Å². The maximum atomic E-state index is 14.1. The minimum Gasteiger partial charge on any atom is -0.481 e. The molecule has 0 unspecified atom stereocenters. The highest BCUT2D eigenvalue weighted by Gasteiger charge is 2.72. The van der Waals surface area contributed by atoms with Crippen molar-refractivity contribution >= 4 is 11.8 Å². The second-order valence-corrected chi connectivity index (χ2v) is 14.9. The molecule has 5 aliphatic carbocycles. The van der Waals surface area contributed by atoms with Gasteiger partial charge in [-0.25, -0.2) is 0 Å². The number of hydrogen-bond donors (Lipinski definition) is 4. The molecule has 6 heteroatoms. The molecule has 0 radical (unpaired) electrons. The normalized spacial score (nSPS) is 53.9. The molecule has 4 saturated carbocycles. The van der Waals surface area contributed by atoms with Crippen LogP contribution in [0, 0.1) is 50.2 Å². The molecule has 0 amide bonds. The third kappa shape index (κ3) is 2.90. The van der Waals surface area contributed by atoms with E-state index in [-0.39, 0.29) is 34.6 Å². The van der Waals surface area contributed by atoms with Gasteiger partial charge in [0.2, 0.25) is 0 Å². The fraction of sp³-hybridized carbons (Fsp3) is 0.867. The quantitative estimate of drug-likeness (QED) is 0.417. The average molecular weight is 503 g/mol. The van der Waals surface area contributed by atoms with Gasteiger partial charge in [-0.15, -0.1) is 0 Å². The van der Waals surface area contributed by atoms with E-state index >= 15 is 0 Å². The molecule has 202 valence electrons. The lowest BCUT2D eigenvalue weighted by atomic mass is 9.33. The third-order valence-corrected chi connectivity index (χ3v) is 13.0. The van der Waals surface area contributed by atoms with E-state index in [1.807, 2.05) is 20.8 Å². The second kappa shape index (κ2) is 7.66. The Hall–Kier alpha value is -1.24. The van der Waals surface area contributed by atoms with E-state index in [0.29, 0.717) is 38.5 Å². The Morgan fingerprint density at radius 1 is 1.00 bits per heavy atom. The number of fused-ring (bicyclic) bond motifs is 7. The summed E-state index contributed by atoms with van der Waals surface area (Å²) in [4.78, 5) is 26.9. The SMILES string of the molecule is CC1(C)CC[C@]2(C(=O)O)CC[C@]3(C)C(=CC[C@@H]4[C@@]5(C)CC[C@H](O)[C@@](C)(CO)[C@@H]5C(=O)C[C@]43C)[C@@H]2[C@@H]1O. The van der Waals surface area contributed by atoms with Gasteiger partial charge in [-0.05, 0) is 72.5 Å². The lowest BCUT2D eigenvalue weighted by Crippen LogP contribution is -2.69. The number of rotatable bonds is 2. The fourth-order valence-electron chi connectivity index (χ4n) is 10.5. The molecule has 0 saturated heterocycles. The van der Waals surface area contributed by atoms with Gasteiger partial charge in [0.05, 0.1) is 24.2 Å². The van der Waals surface area contributed by atoms with E-state index in [0.717, 1.165) is 18.4 Å². The molecule has 6 nitrogen and oxygen atoms in total. The predicted octanol–water partition coefficient (Wildman–Crippen LogP) is 4.36. The molecule has 4 N–H and O–H groups in total. The van der Waals surface area contributed by atoms with Crippen LogP contribution in [0.5, 0.6) is 0 Å². The van der Waals surface area contributed by atoms with Gasteiger partial charge in [0.1, 0.15) is 5.78 Å². The van der Waals surface area contributed by atoms with Gasteiger partial charge in [-0.1, -0.05) is 53.2 Å². The maximum Gasteiger partial charge on any atom is 0.310 e. The number of ketones is 1. The van der Waals surface area contributed by atoms with Crippen LogP contribution in [-0.2, 0) is 9.59 Å². The summed E-state index contributed by atoms with van der Waals surface area (Å²) < 4.78 is 0. The van der Waals surface area contributed by atoms with Crippen LogP contribution in [0.15, 0.2) is 11.6 Å². The zero-order valence-electron chi connectivity index (χ0n) is 22.9. The molecular formula is C30H46O6. The van der Waals surface area contributed by atoms with Crippen LogP contribution in [0.4, 0.5) is 0 Å². The summed E-state index contributed by atoms with van der Waals surface area (Å²) in [7, 11) is 0. The zero-order chi connectivity index (χ0) is 26.7. The van der Waals surface area contributed by atoms with Crippen LogP contribution in [0.25, 0.3) is 0 Å². The summed E-state index contributed by atoms with van der Waals surface area (Å²) in [5.41, 5.74) is -2.28. The first kappa shape index (κ1) is 26.4. The monoisotopic (exact) mass is 502 g/mol. The smallest absolute Gasteiger partial charge is 0.310 e. The number of Topliss-reactive ketones (excluding diaryl/α,β-unsaturated/α-hetero) is 1. The van der Waals surface area contributed by atoms with Crippen LogP contribution in [0.3, 0.4) is 0 Å². The lowest BCUT2D eigenvalue weighted by molar-refractivity contribution is -0.216. The second-order valence-electron chi connectivity index (χ2n) is 14.9. The fourth-order valence-corrected chi connectivity index (χ4v) is 10.5. The number of carboxylic acid groups (broad SMARTS) is 1. The molecule has 0 bridgehead atoms. The number of hydrogen-bond acceptors (Lipinski definition) is 5. The predicted molar refractivity (Wildman–Crippen MR) is 136 cm³/mol. The average Bonchev–Trinajstić information content (AvgIpc) is 2.79. The van der Waals surface area contributed by atoms with Gasteiger partial charge in [0, 0.05) is 23.7 Å². The highest BCUT2D eigenvalue weighted by molar-refractivity contribution is 5.85. The lowest BCUT2D eigenvalue weighted by Gasteiger charge is -2.70. The van der Waals surface area contributed by atoms with E-state index in [1.54, 1.807) is 0 Å². The van der Waals surface area contributed by atoms with Crippen molar-refractivity contribution in [2.24, 2.45) is 50.2 Å². The molecule has 0 aromatic carbocycles. The summed E-state index contributed by atoms with van der Waals surface area (Å²) in [5.74, 6) is -1.37. The first-order chi connectivity index (χ1) is 16.5. The van der Waals surface area contributed by atoms with Crippen molar-refractivity contribution in [2.45, 2.75) is 105 Å². The molecule has 0 aromatic rings. The van der Waals surface area contributed by atoms with Gasteiger partial charge in [-0.2, -0.15) is 0 Å². The Labute approximate surface area is 215 Å². The number of allylic oxidation sites excluding steroid dienone is 1. The van der Waals surface area contributed by atoms with E-state index in [4.69, 9.17) is 0 Å². The summed E-state index contributed by atoms with van der Waals surface area (Å²) in [6, 6.07) is 0. The molecule has 4 fully saturated rings. The van der Waals surface area contributed by atoms with E-state index in [1.165, 1.54) is 0 Å². The Morgan fingerprint density at radius 3 is 2.25 bits per heavy atom. The van der Waals surface area contributed by atoms with Crippen LogP contribution in [0.2, 0.25) is 0 Å². The molecule has 10 atom stereocenters. The highest BCUT2D eigenvalue weighted by atomic mass is 16.4. The molecule has 0 aliphatic heterocycles. The minimum atomic E-state index is -0.959. The van der Waals surface area contributed by atoms with Crippen molar-refractivity contribution in [3.8, 4) is 0 Å². The standard InChI is InChI=1S/C30H46O6/c1-25(2)11-13-30(24(35)36)14-12-28(5)17(21(30)23(25)34)7-8-19-26(3)10-9-20(33)27(4,16-31)22(26)18(32)15-29(19,28)6/h7,19-23,31,33-34H,8-16H2,1-6H3,(H,35,36)/t19-,20+,21-,22-,23+,26-,27-,28-,29-,30+/m1/s1. The van der Waals surface area contributed by atoms with Crippen molar-refractivity contribution < 1.29 is 30.0 Å². The summed E-state index contributed by atoms with van der Waals surface area (Å²) in [6.45, 7) is 12.4. The molecule has 0 spiro atoms. The van der Waals surface area contributed by atoms with E-state index in [2.05, 4.69) is 26.8 Å². The maximum absolute atomic E-state index is 14.1. The van der Waals surface area contributed by atoms with E-state index in [9.17, 15) is 30.0 Å². The van der Waals surface area contributed by atoms with Gasteiger partial charge in [0.15, 0.2) is 0 Å². The Balaban J connectivity index is 1.66. The molecular weight excluding hydrogens is 456 g/mol. The molecule has 0 aromatic heterocycles. The van der Waals surface area contributed by atoms with Gasteiger partial charge in [0.25, 0.3) is 0 Å². The highest BCUT2D eigenvalue weighted by Crippen LogP contribution is 2.75. The zero-order valence-corrected chi connectivity index (χ0v) is 22.9. The van der Waals surface area contributed by atoms with Gasteiger partial charge >= 0.3 is 5.97 Å². The number of carbonyl (C=O) groups excluding carboxylic acids is 1. The number of carbonyl (C=O) groups is 2. The van der Waals surface area contributed by atoms with Crippen LogP contribution in [0.1, 0.15) is 92.9 Å². The van der Waals surface area contributed by atoms with Gasteiger partial charge in [-0.3, -0.25) is 9.59 Å².